The molecule has 0 saturated heterocycles. The molecule has 0 aliphatic heterocycles. The predicted molar refractivity (Wildman–Crippen MR) is 46.7 cm³/mol. The van der Waals surface area contributed by atoms with Crippen molar-refractivity contribution in [2.75, 3.05) is 0 Å². The number of halogens is 4. The summed E-state index contributed by atoms with van der Waals surface area (Å²) in [4.78, 5) is -0.704. The number of alkyl halides is 2. The second-order valence-electron chi connectivity index (χ2n) is 2.69. The van der Waals surface area contributed by atoms with E-state index < -0.39 is 22.9 Å². The van der Waals surface area contributed by atoms with E-state index in [9.17, 15) is 17.6 Å². The molecule has 0 N–H and O–H groups in total. The van der Waals surface area contributed by atoms with Gasteiger partial charge in [0.05, 0.1) is 5.39 Å². The Labute approximate surface area is 80.8 Å². The summed E-state index contributed by atoms with van der Waals surface area (Å²) in [6.45, 7) is 0. The number of benzene rings is 1. The van der Waals surface area contributed by atoms with Crippen molar-refractivity contribution < 1.29 is 17.6 Å². The molecule has 0 aliphatic rings. The molecule has 0 aliphatic carbocycles. The van der Waals surface area contributed by atoms with E-state index >= 15 is 0 Å². The monoisotopic (exact) mass is 220 g/mol. The number of fused-ring (bicyclic) bond motifs is 1. The van der Waals surface area contributed by atoms with Crippen LogP contribution in [0.5, 0.6) is 0 Å². The van der Waals surface area contributed by atoms with Crippen molar-refractivity contribution in [1.82, 2.24) is 0 Å². The highest BCUT2D eigenvalue weighted by Gasteiger charge is 2.21. The van der Waals surface area contributed by atoms with Crippen molar-refractivity contribution >= 4 is 21.4 Å². The molecule has 0 bridgehead atoms. The van der Waals surface area contributed by atoms with E-state index in [-0.39, 0.29) is 10.1 Å². The van der Waals surface area contributed by atoms with Crippen LogP contribution in [0.3, 0.4) is 0 Å². The minimum atomic E-state index is -2.90. The second-order valence-corrected chi connectivity index (χ2v) is 3.78. The molecule has 5 heteroatoms. The Balaban J connectivity index is 2.81. The number of rotatable bonds is 1. The third-order valence-corrected chi connectivity index (χ3v) is 2.97. The molecule has 2 aromatic rings. The number of thiophene rings is 1. The summed E-state index contributed by atoms with van der Waals surface area (Å²) in [6, 6.07) is 3.83. The average molecular weight is 220 g/mol. The molecule has 74 valence electrons. The molecule has 1 aromatic carbocycles. The Hall–Kier alpha value is -1.10. The van der Waals surface area contributed by atoms with E-state index in [1.165, 1.54) is 12.1 Å². The smallest absolute Gasteiger partial charge is 0.206 e. The van der Waals surface area contributed by atoms with Gasteiger partial charge in [-0.3, -0.25) is 0 Å². The van der Waals surface area contributed by atoms with Crippen LogP contribution in [0.4, 0.5) is 17.6 Å². The Morgan fingerprint density at radius 1 is 1.14 bits per heavy atom. The van der Waals surface area contributed by atoms with Crippen LogP contribution >= 0.6 is 11.3 Å². The molecular formula is C9H4F4S. The van der Waals surface area contributed by atoms with Gasteiger partial charge in [-0.25, -0.2) is 17.6 Å². The fraction of sp³-hybridized carbons (Fsp3) is 0.111. The molecule has 0 unspecified atom stereocenters. The zero-order chi connectivity index (χ0) is 10.3. The molecule has 0 atom stereocenters. The molecular weight excluding hydrogens is 216 g/mol. The molecule has 0 amide bonds. The lowest BCUT2D eigenvalue weighted by Crippen LogP contribution is -1.83. The Morgan fingerprint density at radius 2 is 1.86 bits per heavy atom. The van der Waals surface area contributed by atoms with Crippen LogP contribution in [0.1, 0.15) is 11.3 Å². The first-order valence-corrected chi connectivity index (χ1v) is 4.57. The van der Waals surface area contributed by atoms with E-state index in [4.69, 9.17) is 0 Å². The van der Waals surface area contributed by atoms with Crippen molar-refractivity contribution in [3.8, 4) is 0 Å². The van der Waals surface area contributed by atoms with Crippen LogP contribution < -0.4 is 0 Å². The Kier molecular flexibility index (Phi) is 2.19. The molecule has 1 aromatic heterocycles. The molecule has 2 rings (SSSR count). The van der Waals surface area contributed by atoms with Gasteiger partial charge in [0.25, 0.3) is 6.43 Å². The van der Waals surface area contributed by atoms with Gasteiger partial charge < -0.3 is 0 Å². The van der Waals surface area contributed by atoms with Gasteiger partial charge in [-0.1, -0.05) is 6.07 Å². The van der Waals surface area contributed by atoms with Crippen LogP contribution in [0.2, 0.25) is 0 Å². The molecule has 0 saturated carbocycles. The van der Waals surface area contributed by atoms with Crippen LogP contribution in [0, 0.1) is 11.6 Å². The first-order valence-electron chi connectivity index (χ1n) is 3.76. The Bertz CT molecular complexity index is 475. The van der Waals surface area contributed by atoms with E-state index in [1.54, 1.807) is 0 Å². The molecule has 14 heavy (non-hydrogen) atoms. The van der Waals surface area contributed by atoms with E-state index in [1.807, 2.05) is 0 Å². The first kappa shape index (κ1) is 9.45. The van der Waals surface area contributed by atoms with Crippen molar-refractivity contribution in [1.29, 1.82) is 0 Å². The van der Waals surface area contributed by atoms with Crippen molar-refractivity contribution in [2.45, 2.75) is 6.43 Å². The summed E-state index contributed by atoms with van der Waals surface area (Å²) in [7, 11) is 0. The lowest BCUT2D eigenvalue weighted by atomic mass is 10.2. The van der Waals surface area contributed by atoms with Gasteiger partial charge in [0.1, 0.15) is 10.7 Å². The summed E-state index contributed by atoms with van der Waals surface area (Å²) < 4.78 is 51.0. The van der Waals surface area contributed by atoms with Crippen LogP contribution in [-0.4, -0.2) is 0 Å². The highest BCUT2D eigenvalue weighted by atomic mass is 32.1. The van der Waals surface area contributed by atoms with E-state index in [0.717, 1.165) is 6.07 Å². The first-order chi connectivity index (χ1) is 6.61. The standard InChI is InChI=1S/C9H4F4S/c10-4-2-1-3-5-6(4)7(11)8(14-5)9(12)13/h1-3,9H. The van der Waals surface area contributed by atoms with Crippen LogP contribution in [0.15, 0.2) is 18.2 Å². The van der Waals surface area contributed by atoms with Crippen LogP contribution in [0.25, 0.3) is 10.1 Å². The molecule has 0 fully saturated rings. The predicted octanol–water partition coefficient (Wildman–Crippen LogP) is 4.12. The quantitative estimate of drug-likeness (QED) is 0.634. The van der Waals surface area contributed by atoms with E-state index in [2.05, 4.69) is 0 Å². The van der Waals surface area contributed by atoms with Gasteiger partial charge >= 0.3 is 0 Å². The largest absolute Gasteiger partial charge is 0.275 e. The maximum Gasteiger partial charge on any atom is 0.275 e. The van der Waals surface area contributed by atoms with Gasteiger partial charge in [0, 0.05) is 4.70 Å². The minimum absolute atomic E-state index is 0.206. The second kappa shape index (κ2) is 3.24. The lowest BCUT2D eigenvalue weighted by Gasteiger charge is -1.92. The normalized spacial score (nSPS) is 11.5. The fourth-order valence-electron chi connectivity index (χ4n) is 1.23. The van der Waals surface area contributed by atoms with Gasteiger partial charge in [0.2, 0.25) is 0 Å². The van der Waals surface area contributed by atoms with Crippen molar-refractivity contribution in [2.24, 2.45) is 0 Å². The summed E-state index contributed by atoms with van der Waals surface area (Å²) in [6.07, 6.45) is -2.90. The van der Waals surface area contributed by atoms with Crippen LogP contribution in [-0.2, 0) is 0 Å². The van der Waals surface area contributed by atoms with Crippen molar-refractivity contribution in [3.05, 3.63) is 34.7 Å². The van der Waals surface area contributed by atoms with Gasteiger partial charge in [0.15, 0.2) is 5.82 Å². The third kappa shape index (κ3) is 1.28. The molecule has 0 spiro atoms. The summed E-state index contributed by atoms with van der Waals surface area (Å²) in [5.41, 5.74) is 0. The summed E-state index contributed by atoms with van der Waals surface area (Å²) in [5, 5.41) is -0.340. The topological polar surface area (TPSA) is 0 Å². The Morgan fingerprint density at radius 3 is 2.43 bits per heavy atom. The highest BCUT2D eigenvalue weighted by Crippen LogP contribution is 2.37. The maximum atomic E-state index is 13.2. The lowest BCUT2D eigenvalue weighted by molar-refractivity contribution is 0.151. The summed E-state index contributed by atoms with van der Waals surface area (Å²) >= 11 is 0.581. The SMILES string of the molecule is Fc1cccc2sc(C(F)F)c(F)c12. The fourth-order valence-corrected chi connectivity index (χ4v) is 2.18. The number of hydrogen-bond acceptors (Lipinski definition) is 1. The maximum absolute atomic E-state index is 13.2. The average Bonchev–Trinajstić information content (AvgIpc) is 2.45. The molecule has 0 radical (unpaired) electrons. The zero-order valence-electron chi connectivity index (χ0n) is 6.73. The van der Waals surface area contributed by atoms with Gasteiger partial charge in [-0.15, -0.1) is 11.3 Å². The zero-order valence-corrected chi connectivity index (χ0v) is 7.55. The van der Waals surface area contributed by atoms with Crippen molar-refractivity contribution in [3.63, 3.8) is 0 Å². The molecule has 0 nitrogen and oxygen atoms in total. The van der Waals surface area contributed by atoms with Gasteiger partial charge in [-0.2, -0.15) is 0 Å². The molecule has 1 heterocycles. The van der Waals surface area contributed by atoms with Gasteiger partial charge in [-0.05, 0) is 12.1 Å². The van der Waals surface area contributed by atoms with E-state index in [0.29, 0.717) is 11.3 Å². The number of hydrogen-bond donors (Lipinski definition) is 0. The summed E-state index contributed by atoms with van der Waals surface area (Å²) in [5.74, 6) is -1.94. The minimum Gasteiger partial charge on any atom is -0.206 e. The third-order valence-electron chi connectivity index (χ3n) is 1.83. The highest BCUT2D eigenvalue weighted by molar-refractivity contribution is 7.19.